The smallest absolute Gasteiger partial charge is 0.126 e. The number of hydrogen-bond donors (Lipinski definition) is 2. The van der Waals surface area contributed by atoms with Crippen molar-refractivity contribution < 1.29 is 4.74 Å². The van der Waals surface area contributed by atoms with Gasteiger partial charge in [0, 0.05) is 37.0 Å². The SMILES string of the molecule is C[C@H]1COCCC1Nc1cc(-c2cc(C(C)(C)C)cc(NCCN(C)C)n2)cc(C(C)(C)C)c1. The number of benzene rings is 1. The lowest BCUT2D eigenvalue weighted by atomic mass is 9.84. The molecular weight excluding hydrogens is 420 g/mol. The zero-order valence-corrected chi connectivity index (χ0v) is 22.9. The van der Waals surface area contributed by atoms with Crippen LogP contribution in [-0.4, -0.2) is 56.3 Å². The van der Waals surface area contributed by atoms with Crippen molar-refractivity contribution >= 4 is 11.5 Å². The van der Waals surface area contributed by atoms with Crippen LogP contribution >= 0.6 is 0 Å². The molecule has 188 valence electrons. The Morgan fingerprint density at radius 3 is 2.26 bits per heavy atom. The Balaban J connectivity index is 2.03. The average molecular weight is 467 g/mol. The molecule has 1 aromatic carbocycles. The molecule has 0 aliphatic carbocycles. The summed E-state index contributed by atoms with van der Waals surface area (Å²) >= 11 is 0. The first-order valence-electron chi connectivity index (χ1n) is 12.7. The van der Waals surface area contributed by atoms with Crippen molar-refractivity contribution in [1.82, 2.24) is 9.88 Å². The number of likely N-dealkylation sites (N-methyl/N-ethyl adjacent to an activating group) is 1. The van der Waals surface area contributed by atoms with E-state index in [4.69, 9.17) is 9.72 Å². The highest BCUT2D eigenvalue weighted by Gasteiger charge is 2.24. The zero-order valence-electron chi connectivity index (χ0n) is 22.9. The van der Waals surface area contributed by atoms with Crippen molar-refractivity contribution in [1.29, 1.82) is 0 Å². The predicted molar refractivity (Wildman–Crippen MR) is 146 cm³/mol. The van der Waals surface area contributed by atoms with Gasteiger partial charge in [-0.15, -0.1) is 0 Å². The van der Waals surface area contributed by atoms with Gasteiger partial charge in [-0.2, -0.15) is 0 Å². The number of hydrogen-bond acceptors (Lipinski definition) is 5. The third-order valence-corrected chi connectivity index (χ3v) is 6.64. The zero-order chi connectivity index (χ0) is 25.1. The van der Waals surface area contributed by atoms with Gasteiger partial charge in [0.05, 0.1) is 12.3 Å². The molecular formula is C29H46N4O. The summed E-state index contributed by atoms with van der Waals surface area (Å²) in [5.74, 6) is 1.43. The molecule has 0 radical (unpaired) electrons. The maximum absolute atomic E-state index is 5.67. The Kier molecular flexibility index (Phi) is 8.30. The van der Waals surface area contributed by atoms with Gasteiger partial charge in [0.25, 0.3) is 0 Å². The number of aromatic nitrogens is 1. The van der Waals surface area contributed by atoms with Crippen LogP contribution < -0.4 is 10.6 Å². The first-order chi connectivity index (χ1) is 15.8. The molecule has 0 bridgehead atoms. The van der Waals surface area contributed by atoms with E-state index >= 15 is 0 Å². The van der Waals surface area contributed by atoms with E-state index in [2.05, 4.69) is 108 Å². The number of nitrogens with one attached hydrogen (secondary N) is 2. The third kappa shape index (κ3) is 7.19. The van der Waals surface area contributed by atoms with Gasteiger partial charge >= 0.3 is 0 Å². The molecule has 1 unspecified atom stereocenters. The lowest BCUT2D eigenvalue weighted by molar-refractivity contribution is 0.0538. The van der Waals surface area contributed by atoms with E-state index in [1.165, 1.54) is 16.8 Å². The van der Waals surface area contributed by atoms with Gasteiger partial charge in [0.15, 0.2) is 0 Å². The van der Waals surface area contributed by atoms with Crippen molar-refractivity contribution in [3.8, 4) is 11.3 Å². The van der Waals surface area contributed by atoms with E-state index in [9.17, 15) is 0 Å². The summed E-state index contributed by atoms with van der Waals surface area (Å²) in [6, 6.07) is 11.8. The minimum atomic E-state index is 0.0376. The Labute approximate surface area is 207 Å². The second-order valence-corrected chi connectivity index (χ2v) is 12.2. The molecule has 1 saturated heterocycles. The lowest BCUT2D eigenvalue weighted by Gasteiger charge is -2.31. The molecule has 1 aliphatic rings. The maximum Gasteiger partial charge on any atom is 0.126 e. The third-order valence-electron chi connectivity index (χ3n) is 6.64. The highest BCUT2D eigenvalue weighted by Crippen LogP contribution is 2.34. The van der Waals surface area contributed by atoms with Crippen molar-refractivity contribution in [2.24, 2.45) is 5.92 Å². The van der Waals surface area contributed by atoms with Crippen molar-refractivity contribution in [2.45, 2.75) is 71.8 Å². The molecule has 34 heavy (non-hydrogen) atoms. The molecule has 0 saturated carbocycles. The van der Waals surface area contributed by atoms with E-state index in [0.717, 1.165) is 49.8 Å². The quantitative estimate of drug-likeness (QED) is 0.512. The van der Waals surface area contributed by atoms with Crippen LogP contribution in [0.5, 0.6) is 0 Å². The van der Waals surface area contributed by atoms with Crippen LogP contribution in [0, 0.1) is 5.92 Å². The normalized spacial score (nSPS) is 19.4. The van der Waals surface area contributed by atoms with E-state index in [0.29, 0.717) is 12.0 Å². The fourth-order valence-electron chi connectivity index (χ4n) is 4.21. The molecule has 0 spiro atoms. The molecule has 2 atom stereocenters. The van der Waals surface area contributed by atoms with Crippen molar-refractivity contribution in [2.75, 3.05) is 51.0 Å². The van der Waals surface area contributed by atoms with Crippen LogP contribution in [0.4, 0.5) is 11.5 Å². The number of rotatable bonds is 7. The number of anilines is 2. The van der Waals surface area contributed by atoms with Crippen LogP contribution in [0.1, 0.15) is 66.0 Å². The van der Waals surface area contributed by atoms with Crippen LogP contribution in [0.2, 0.25) is 0 Å². The molecule has 1 aromatic heterocycles. The van der Waals surface area contributed by atoms with Gasteiger partial charge in [-0.3, -0.25) is 0 Å². The van der Waals surface area contributed by atoms with Gasteiger partial charge in [-0.25, -0.2) is 4.98 Å². The maximum atomic E-state index is 5.67. The summed E-state index contributed by atoms with van der Waals surface area (Å²) in [5, 5.41) is 7.38. The molecule has 2 N–H and O–H groups in total. The molecule has 1 fully saturated rings. The Morgan fingerprint density at radius 1 is 0.971 bits per heavy atom. The number of pyridine rings is 1. The summed E-state index contributed by atoms with van der Waals surface area (Å²) < 4.78 is 5.67. The first kappa shape index (κ1) is 26.5. The Morgan fingerprint density at radius 2 is 1.65 bits per heavy atom. The van der Waals surface area contributed by atoms with Crippen LogP contribution in [0.15, 0.2) is 30.3 Å². The number of nitrogens with zero attached hydrogens (tertiary/aromatic N) is 2. The Bertz CT molecular complexity index is 956. The van der Waals surface area contributed by atoms with E-state index < -0.39 is 0 Å². The van der Waals surface area contributed by atoms with Crippen LogP contribution in [-0.2, 0) is 15.6 Å². The van der Waals surface area contributed by atoms with Crippen molar-refractivity contribution in [3.05, 3.63) is 41.5 Å². The second kappa shape index (κ2) is 10.7. The van der Waals surface area contributed by atoms with Gasteiger partial charge in [0.2, 0.25) is 0 Å². The van der Waals surface area contributed by atoms with E-state index in [1.54, 1.807) is 0 Å². The fourth-order valence-corrected chi connectivity index (χ4v) is 4.21. The summed E-state index contributed by atoms with van der Waals surface area (Å²) in [7, 11) is 4.19. The topological polar surface area (TPSA) is 49.4 Å². The van der Waals surface area contributed by atoms with Gasteiger partial charge in [-0.1, -0.05) is 48.5 Å². The summed E-state index contributed by atoms with van der Waals surface area (Å²) in [5.41, 5.74) is 6.05. The van der Waals surface area contributed by atoms with Crippen molar-refractivity contribution in [3.63, 3.8) is 0 Å². The largest absolute Gasteiger partial charge is 0.382 e. The first-order valence-corrected chi connectivity index (χ1v) is 12.7. The molecule has 2 aromatic rings. The lowest BCUT2D eigenvalue weighted by Crippen LogP contribution is -2.36. The Hall–Kier alpha value is -2.11. The summed E-state index contributed by atoms with van der Waals surface area (Å²) in [4.78, 5) is 7.25. The van der Waals surface area contributed by atoms with Gasteiger partial charge in [0.1, 0.15) is 5.82 Å². The molecule has 1 aliphatic heterocycles. The van der Waals surface area contributed by atoms with Gasteiger partial charge in [-0.05, 0) is 78.7 Å². The van der Waals surface area contributed by atoms with Gasteiger partial charge < -0.3 is 20.3 Å². The van der Waals surface area contributed by atoms with E-state index in [-0.39, 0.29) is 10.8 Å². The summed E-state index contributed by atoms with van der Waals surface area (Å²) in [6.45, 7) is 19.4. The molecule has 3 rings (SSSR count). The number of ether oxygens (including phenoxy) is 1. The molecule has 5 nitrogen and oxygen atoms in total. The van der Waals surface area contributed by atoms with Crippen LogP contribution in [0.3, 0.4) is 0 Å². The molecule has 2 heterocycles. The molecule has 5 heteroatoms. The monoisotopic (exact) mass is 466 g/mol. The second-order valence-electron chi connectivity index (χ2n) is 12.2. The highest BCUT2D eigenvalue weighted by atomic mass is 16.5. The highest BCUT2D eigenvalue weighted by molar-refractivity contribution is 5.69. The van der Waals surface area contributed by atoms with Crippen LogP contribution in [0.25, 0.3) is 11.3 Å². The average Bonchev–Trinajstić information content (AvgIpc) is 2.73. The molecule has 0 amide bonds. The van der Waals surface area contributed by atoms with E-state index in [1.807, 2.05) is 0 Å². The fraction of sp³-hybridized carbons (Fsp3) is 0.621. The summed E-state index contributed by atoms with van der Waals surface area (Å²) in [6.07, 6.45) is 1.04. The minimum absolute atomic E-state index is 0.0376. The minimum Gasteiger partial charge on any atom is -0.382 e. The predicted octanol–water partition coefficient (Wildman–Crippen LogP) is 6.15. The standard InChI is InChI=1S/C29H46N4O/c1-20-19-34-13-10-25(20)31-24-15-21(14-22(16-24)28(2,3)4)26-17-23(29(5,6)7)18-27(32-26)30-11-12-33(8)9/h14-18,20,25,31H,10-13,19H2,1-9H3,(H,30,32)/t20-,25?/m0/s1.